The first-order valence-electron chi connectivity index (χ1n) is 5.37. The topological polar surface area (TPSA) is 29.3 Å². The van der Waals surface area contributed by atoms with Gasteiger partial charge in [0.15, 0.2) is 0 Å². The zero-order valence-corrected chi connectivity index (χ0v) is 9.91. The SMILES string of the molecule is C=C(CN)CN(C)C(C)c1ccccc1F. The van der Waals surface area contributed by atoms with E-state index in [4.69, 9.17) is 5.73 Å². The summed E-state index contributed by atoms with van der Waals surface area (Å²) in [7, 11) is 1.94. The fourth-order valence-electron chi connectivity index (χ4n) is 1.61. The first-order chi connectivity index (χ1) is 7.56. The van der Waals surface area contributed by atoms with Crippen molar-refractivity contribution >= 4 is 0 Å². The molecule has 0 bridgehead atoms. The average Bonchev–Trinajstić information content (AvgIpc) is 2.28. The van der Waals surface area contributed by atoms with Crippen LogP contribution in [0.15, 0.2) is 36.4 Å². The Morgan fingerprint density at radius 1 is 1.50 bits per heavy atom. The van der Waals surface area contributed by atoms with E-state index >= 15 is 0 Å². The Morgan fingerprint density at radius 3 is 2.69 bits per heavy atom. The van der Waals surface area contributed by atoms with E-state index in [2.05, 4.69) is 6.58 Å². The summed E-state index contributed by atoms with van der Waals surface area (Å²) in [5, 5.41) is 0. The van der Waals surface area contributed by atoms with Gasteiger partial charge in [-0.25, -0.2) is 4.39 Å². The molecular weight excluding hydrogens is 203 g/mol. The maximum absolute atomic E-state index is 13.5. The van der Waals surface area contributed by atoms with Crippen molar-refractivity contribution in [3.05, 3.63) is 47.8 Å². The lowest BCUT2D eigenvalue weighted by atomic mass is 10.1. The van der Waals surface area contributed by atoms with Gasteiger partial charge in [-0.05, 0) is 25.6 Å². The third kappa shape index (κ3) is 3.15. The number of rotatable bonds is 5. The Hall–Kier alpha value is -1.19. The molecule has 0 aliphatic heterocycles. The minimum atomic E-state index is -0.166. The monoisotopic (exact) mass is 222 g/mol. The number of nitrogens with zero attached hydrogens (tertiary/aromatic N) is 1. The van der Waals surface area contributed by atoms with Gasteiger partial charge in [-0.2, -0.15) is 0 Å². The largest absolute Gasteiger partial charge is 0.327 e. The highest BCUT2D eigenvalue weighted by molar-refractivity contribution is 5.21. The summed E-state index contributed by atoms with van der Waals surface area (Å²) in [5.74, 6) is -0.166. The lowest BCUT2D eigenvalue weighted by Gasteiger charge is -2.25. The van der Waals surface area contributed by atoms with Gasteiger partial charge in [0, 0.05) is 24.7 Å². The third-order valence-corrected chi connectivity index (χ3v) is 2.78. The van der Waals surface area contributed by atoms with E-state index in [9.17, 15) is 4.39 Å². The molecule has 0 radical (unpaired) electrons. The highest BCUT2D eigenvalue weighted by atomic mass is 19.1. The molecule has 0 saturated carbocycles. The number of likely N-dealkylation sites (N-methyl/N-ethyl adjacent to an activating group) is 1. The van der Waals surface area contributed by atoms with Crippen molar-refractivity contribution in [1.29, 1.82) is 0 Å². The predicted octanol–water partition coefficient (Wildman–Crippen LogP) is 2.33. The lowest BCUT2D eigenvalue weighted by Crippen LogP contribution is -2.27. The standard InChI is InChI=1S/C13H19FN2/c1-10(8-15)9-16(3)11(2)12-6-4-5-7-13(12)14/h4-7,11H,1,8-9,15H2,2-3H3. The number of hydrogen-bond donors (Lipinski definition) is 1. The van der Waals surface area contributed by atoms with Crippen LogP contribution in [0.1, 0.15) is 18.5 Å². The Balaban J connectivity index is 2.74. The second-order valence-electron chi connectivity index (χ2n) is 4.07. The van der Waals surface area contributed by atoms with Gasteiger partial charge in [-0.1, -0.05) is 24.8 Å². The van der Waals surface area contributed by atoms with Gasteiger partial charge in [-0.15, -0.1) is 0 Å². The molecule has 0 amide bonds. The molecule has 0 aromatic heterocycles. The highest BCUT2D eigenvalue weighted by Crippen LogP contribution is 2.21. The van der Waals surface area contributed by atoms with Crippen molar-refractivity contribution < 1.29 is 4.39 Å². The molecule has 1 rings (SSSR count). The van der Waals surface area contributed by atoms with E-state index in [-0.39, 0.29) is 11.9 Å². The Bertz CT molecular complexity index is 363. The fraction of sp³-hybridized carbons (Fsp3) is 0.385. The molecule has 0 fully saturated rings. The van der Waals surface area contributed by atoms with Gasteiger partial charge in [0.1, 0.15) is 5.82 Å². The Morgan fingerprint density at radius 2 is 2.12 bits per heavy atom. The maximum atomic E-state index is 13.5. The van der Waals surface area contributed by atoms with E-state index in [1.165, 1.54) is 6.07 Å². The number of nitrogens with two attached hydrogens (primary N) is 1. The van der Waals surface area contributed by atoms with Crippen LogP contribution in [-0.4, -0.2) is 25.0 Å². The molecular formula is C13H19FN2. The minimum Gasteiger partial charge on any atom is -0.327 e. The van der Waals surface area contributed by atoms with Gasteiger partial charge in [0.05, 0.1) is 0 Å². The van der Waals surface area contributed by atoms with E-state index in [0.717, 1.165) is 5.57 Å². The smallest absolute Gasteiger partial charge is 0.127 e. The van der Waals surface area contributed by atoms with Crippen LogP contribution in [0.5, 0.6) is 0 Å². The number of hydrogen-bond acceptors (Lipinski definition) is 2. The molecule has 2 N–H and O–H groups in total. The van der Waals surface area contributed by atoms with Crippen LogP contribution in [0.3, 0.4) is 0 Å². The molecule has 2 nitrogen and oxygen atoms in total. The van der Waals surface area contributed by atoms with Gasteiger partial charge in [0.25, 0.3) is 0 Å². The fourth-order valence-corrected chi connectivity index (χ4v) is 1.61. The zero-order valence-electron chi connectivity index (χ0n) is 9.91. The molecule has 1 aromatic carbocycles. The molecule has 1 unspecified atom stereocenters. The summed E-state index contributed by atoms with van der Waals surface area (Å²) >= 11 is 0. The average molecular weight is 222 g/mol. The Labute approximate surface area is 96.6 Å². The highest BCUT2D eigenvalue weighted by Gasteiger charge is 2.15. The first kappa shape index (κ1) is 12.9. The summed E-state index contributed by atoms with van der Waals surface area (Å²) in [5.41, 5.74) is 7.14. The van der Waals surface area contributed by atoms with Crippen LogP contribution in [0.4, 0.5) is 4.39 Å². The van der Waals surface area contributed by atoms with Gasteiger partial charge in [-0.3, -0.25) is 4.90 Å². The van der Waals surface area contributed by atoms with Crippen LogP contribution < -0.4 is 5.73 Å². The predicted molar refractivity (Wildman–Crippen MR) is 65.6 cm³/mol. The molecule has 0 saturated heterocycles. The second kappa shape index (κ2) is 5.77. The van der Waals surface area contributed by atoms with Gasteiger partial charge < -0.3 is 5.73 Å². The van der Waals surface area contributed by atoms with Crippen LogP contribution in [0, 0.1) is 5.82 Å². The number of halogens is 1. The van der Waals surface area contributed by atoms with E-state index < -0.39 is 0 Å². The molecule has 1 aromatic rings. The van der Waals surface area contributed by atoms with Crippen molar-refractivity contribution in [1.82, 2.24) is 4.90 Å². The summed E-state index contributed by atoms with van der Waals surface area (Å²) in [6.45, 7) is 6.98. The van der Waals surface area contributed by atoms with Gasteiger partial charge in [0.2, 0.25) is 0 Å². The molecule has 0 spiro atoms. The van der Waals surface area contributed by atoms with Crippen molar-refractivity contribution in [3.63, 3.8) is 0 Å². The minimum absolute atomic E-state index is 0.0181. The third-order valence-electron chi connectivity index (χ3n) is 2.78. The zero-order chi connectivity index (χ0) is 12.1. The van der Waals surface area contributed by atoms with Crippen molar-refractivity contribution in [2.75, 3.05) is 20.1 Å². The molecule has 3 heteroatoms. The van der Waals surface area contributed by atoms with Crippen molar-refractivity contribution in [2.45, 2.75) is 13.0 Å². The van der Waals surface area contributed by atoms with E-state index in [0.29, 0.717) is 18.7 Å². The lowest BCUT2D eigenvalue weighted by molar-refractivity contribution is 0.276. The normalized spacial score (nSPS) is 12.8. The summed E-state index contributed by atoms with van der Waals surface area (Å²) in [6, 6.07) is 6.86. The number of benzene rings is 1. The molecule has 0 aliphatic rings. The van der Waals surface area contributed by atoms with Gasteiger partial charge >= 0.3 is 0 Å². The van der Waals surface area contributed by atoms with Crippen LogP contribution in [0.2, 0.25) is 0 Å². The molecule has 16 heavy (non-hydrogen) atoms. The molecule has 0 aliphatic carbocycles. The van der Waals surface area contributed by atoms with Crippen LogP contribution >= 0.6 is 0 Å². The first-order valence-corrected chi connectivity index (χ1v) is 5.37. The molecule has 88 valence electrons. The maximum Gasteiger partial charge on any atom is 0.127 e. The van der Waals surface area contributed by atoms with Crippen molar-refractivity contribution in [3.8, 4) is 0 Å². The molecule has 0 heterocycles. The van der Waals surface area contributed by atoms with E-state index in [1.54, 1.807) is 6.07 Å². The van der Waals surface area contributed by atoms with Crippen LogP contribution in [-0.2, 0) is 0 Å². The summed E-state index contributed by atoms with van der Waals surface area (Å²) in [4.78, 5) is 2.04. The quantitative estimate of drug-likeness (QED) is 0.775. The molecule has 1 atom stereocenters. The Kier molecular flexibility index (Phi) is 4.65. The summed E-state index contributed by atoms with van der Waals surface area (Å²) < 4.78 is 13.5. The van der Waals surface area contributed by atoms with Crippen molar-refractivity contribution in [2.24, 2.45) is 5.73 Å². The summed E-state index contributed by atoms with van der Waals surface area (Å²) in [6.07, 6.45) is 0. The van der Waals surface area contributed by atoms with E-state index in [1.807, 2.05) is 31.0 Å². The van der Waals surface area contributed by atoms with Crippen LogP contribution in [0.25, 0.3) is 0 Å². The second-order valence-corrected chi connectivity index (χ2v) is 4.07.